The molecule has 0 fully saturated rings. The minimum atomic E-state index is -4.44. The van der Waals surface area contributed by atoms with E-state index in [0.29, 0.717) is 5.69 Å². The number of rotatable bonds is 1. The standard InChI is InChI=1S/C14H10F3N3OS/c15-14(16,17)22-10-6-2-1-5-9(10)19-12-8(13(21)20-18)4-3-7-11(12)22/h1-7H,18H2,(H-,19,20,21)/p+1. The van der Waals surface area contributed by atoms with Crippen molar-refractivity contribution in [2.24, 2.45) is 5.84 Å². The monoisotopic (exact) mass is 326 g/mol. The summed E-state index contributed by atoms with van der Waals surface area (Å²) in [5, 5.41) is 2.92. The minimum absolute atomic E-state index is 0.0345. The molecule has 0 bridgehead atoms. The zero-order valence-electron chi connectivity index (χ0n) is 11.1. The average Bonchev–Trinajstić information content (AvgIpc) is 2.50. The van der Waals surface area contributed by atoms with E-state index >= 15 is 0 Å². The largest absolute Gasteiger partial charge is 0.586 e. The van der Waals surface area contributed by atoms with Crippen LogP contribution in [-0.2, 0) is 10.9 Å². The third kappa shape index (κ3) is 2.30. The van der Waals surface area contributed by atoms with Crippen molar-refractivity contribution in [3.05, 3.63) is 48.0 Å². The van der Waals surface area contributed by atoms with Crippen LogP contribution in [0.15, 0.2) is 52.3 Å². The van der Waals surface area contributed by atoms with E-state index in [1.165, 1.54) is 24.3 Å². The van der Waals surface area contributed by atoms with Gasteiger partial charge in [0.05, 0.1) is 11.3 Å². The molecule has 0 saturated heterocycles. The number of nitrogen functional groups attached to an aromatic ring is 1. The fourth-order valence-corrected chi connectivity index (χ4v) is 4.22. The predicted molar refractivity (Wildman–Crippen MR) is 77.8 cm³/mol. The Morgan fingerprint density at radius 2 is 1.77 bits per heavy atom. The van der Waals surface area contributed by atoms with E-state index in [0.717, 1.165) is 0 Å². The number of hydrogen-bond donors (Lipinski definition) is 3. The van der Waals surface area contributed by atoms with E-state index in [1.807, 2.05) is 5.43 Å². The quantitative estimate of drug-likeness (QED) is 0.327. The Labute approximate surface area is 126 Å². The second-order valence-electron chi connectivity index (χ2n) is 4.53. The van der Waals surface area contributed by atoms with Gasteiger partial charge in [0.15, 0.2) is 20.7 Å². The first-order valence-corrected chi connectivity index (χ1v) is 7.47. The molecule has 1 aliphatic rings. The van der Waals surface area contributed by atoms with E-state index in [-0.39, 0.29) is 21.0 Å². The second kappa shape index (κ2) is 5.22. The van der Waals surface area contributed by atoms with Crippen LogP contribution in [0.2, 0.25) is 0 Å². The minimum Gasteiger partial charge on any atom is -0.347 e. The highest BCUT2D eigenvalue weighted by Crippen LogP contribution is 2.48. The number of anilines is 2. The van der Waals surface area contributed by atoms with Gasteiger partial charge in [-0.25, -0.2) is 5.84 Å². The molecule has 1 heterocycles. The summed E-state index contributed by atoms with van der Waals surface area (Å²) in [6.45, 7) is 0. The van der Waals surface area contributed by atoms with Crippen LogP contribution in [0, 0.1) is 0 Å². The van der Waals surface area contributed by atoms with Crippen LogP contribution >= 0.6 is 0 Å². The number of nitrogens with two attached hydrogens (primary N) is 1. The third-order valence-electron chi connectivity index (χ3n) is 3.22. The van der Waals surface area contributed by atoms with Crippen molar-refractivity contribution < 1.29 is 18.0 Å². The number of halogens is 3. The molecule has 0 spiro atoms. The van der Waals surface area contributed by atoms with Crippen molar-refractivity contribution in [1.29, 1.82) is 0 Å². The highest BCUT2D eigenvalue weighted by molar-refractivity contribution is 7.98. The van der Waals surface area contributed by atoms with Crippen molar-refractivity contribution in [1.82, 2.24) is 5.43 Å². The maximum Gasteiger partial charge on any atom is 0.586 e. The number of para-hydroxylation sites is 2. The SMILES string of the molecule is NNC(=O)c1cccc2c1Nc1ccccc1[S+]2C(F)(F)F. The van der Waals surface area contributed by atoms with Gasteiger partial charge >= 0.3 is 5.51 Å². The fourth-order valence-electron chi connectivity index (χ4n) is 2.35. The molecule has 2 aromatic rings. The average molecular weight is 326 g/mol. The first-order chi connectivity index (χ1) is 10.4. The van der Waals surface area contributed by atoms with Gasteiger partial charge in [-0.3, -0.25) is 10.2 Å². The maximum atomic E-state index is 13.6. The summed E-state index contributed by atoms with van der Waals surface area (Å²) in [7, 11) is -2.12. The number of carbonyl (C=O) groups excluding carboxylic acids is 1. The molecule has 1 amide bonds. The van der Waals surface area contributed by atoms with Crippen molar-refractivity contribution in [2.75, 3.05) is 5.32 Å². The third-order valence-corrected chi connectivity index (χ3v) is 5.26. The summed E-state index contributed by atoms with van der Waals surface area (Å²) in [6, 6.07) is 10.4. The second-order valence-corrected chi connectivity index (χ2v) is 6.48. The molecule has 1 atom stereocenters. The van der Waals surface area contributed by atoms with Crippen molar-refractivity contribution >= 4 is 28.2 Å². The van der Waals surface area contributed by atoms with E-state index in [1.54, 1.807) is 18.2 Å². The van der Waals surface area contributed by atoms with Gasteiger partial charge in [-0.1, -0.05) is 18.2 Å². The molecule has 2 aromatic carbocycles. The summed E-state index contributed by atoms with van der Waals surface area (Å²) in [6.07, 6.45) is 0. The number of amides is 1. The van der Waals surface area contributed by atoms with Gasteiger partial charge in [-0.15, -0.1) is 13.2 Å². The van der Waals surface area contributed by atoms with Crippen LogP contribution in [0.4, 0.5) is 24.5 Å². The molecular formula is C14H11F3N3OS+. The molecule has 8 heteroatoms. The number of benzene rings is 2. The lowest BCUT2D eigenvalue weighted by Gasteiger charge is -2.23. The van der Waals surface area contributed by atoms with Crippen molar-refractivity contribution in [3.63, 3.8) is 0 Å². The Morgan fingerprint density at radius 3 is 2.45 bits per heavy atom. The van der Waals surface area contributed by atoms with E-state index in [2.05, 4.69) is 5.32 Å². The first-order valence-electron chi connectivity index (χ1n) is 6.24. The van der Waals surface area contributed by atoms with Crippen molar-refractivity contribution in [3.8, 4) is 0 Å². The van der Waals surface area contributed by atoms with Gasteiger partial charge in [0, 0.05) is 0 Å². The number of nitrogens with one attached hydrogen (secondary N) is 2. The molecule has 3 rings (SSSR count). The Balaban J connectivity index is 2.26. The van der Waals surface area contributed by atoms with Gasteiger partial charge < -0.3 is 5.32 Å². The van der Waals surface area contributed by atoms with E-state index in [4.69, 9.17) is 5.84 Å². The van der Waals surface area contributed by atoms with Crippen LogP contribution in [0.5, 0.6) is 0 Å². The normalized spacial score (nSPS) is 16.3. The number of alkyl halides is 3. The fraction of sp³-hybridized carbons (Fsp3) is 0.0714. The number of carbonyl (C=O) groups is 1. The molecule has 1 aliphatic heterocycles. The van der Waals surface area contributed by atoms with Crippen LogP contribution in [0.3, 0.4) is 0 Å². The summed E-state index contributed by atoms with van der Waals surface area (Å²) >= 11 is 0. The summed E-state index contributed by atoms with van der Waals surface area (Å²) in [5.41, 5.74) is -1.92. The lowest BCUT2D eigenvalue weighted by Crippen LogP contribution is -2.33. The van der Waals surface area contributed by atoms with Gasteiger partial charge in [0.25, 0.3) is 5.91 Å². The van der Waals surface area contributed by atoms with Crippen LogP contribution in [0.25, 0.3) is 0 Å². The molecule has 22 heavy (non-hydrogen) atoms. The Bertz CT molecular complexity index is 748. The molecule has 1 unspecified atom stereocenters. The zero-order valence-corrected chi connectivity index (χ0v) is 11.9. The zero-order chi connectivity index (χ0) is 15.9. The first kappa shape index (κ1) is 14.7. The van der Waals surface area contributed by atoms with Gasteiger partial charge in [0.2, 0.25) is 0 Å². The van der Waals surface area contributed by atoms with E-state index < -0.39 is 22.3 Å². The summed E-state index contributed by atoms with van der Waals surface area (Å²) in [4.78, 5) is 12.0. The predicted octanol–water partition coefficient (Wildman–Crippen LogP) is 2.90. The van der Waals surface area contributed by atoms with Gasteiger partial charge in [0.1, 0.15) is 5.69 Å². The Hall–Kier alpha value is -2.19. The molecule has 0 saturated carbocycles. The number of hydrogen-bond acceptors (Lipinski definition) is 3. The topological polar surface area (TPSA) is 67.1 Å². The molecule has 0 radical (unpaired) electrons. The summed E-state index contributed by atoms with van der Waals surface area (Å²) in [5.74, 6) is 4.46. The number of fused-ring (bicyclic) bond motifs is 2. The van der Waals surface area contributed by atoms with E-state index in [9.17, 15) is 18.0 Å². The molecule has 4 N–H and O–H groups in total. The lowest BCUT2D eigenvalue weighted by atomic mass is 10.1. The molecule has 114 valence electrons. The Morgan fingerprint density at radius 1 is 1.09 bits per heavy atom. The molecular weight excluding hydrogens is 315 g/mol. The molecule has 0 aliphatic carbocycles. The Kier molecular flexibility index (Phi) is 3.50. The maximum absolute atomic E-state index is 13.6. The highest BCUT2D eigenvalue weighted by Gasteiger charge is 2.58. The van der Waals surface area contributed by atoms with Gasteiger partial charge in [-0.05, 0) is 24.3 Å². The molecule has 4 nitrogen and oxygen atoms in total. The number of hydrazine groups is 1. The lowest BCUT2D eigenvalue weighted by molar-refractivity contribution is -0.0371. The van der Waals surface area contributed by atoms with Crippen LogP contribution in [0.1, 0.15) is 10.4 Å². The smallest absolute Gasteiger partial charge is 0.347 e. The van der Waals surface area contributed by atoms with Crippen LogP contribution < -0.4 is 16.6 Å². The highest BCUT2D eigenvalue weighted by atomic mass is 32.2. The summed E-state index contributed by atoms with van der Waals surface area (Å²) < 4.78 is 40.7. The van der Waals surface area contributed by atoms with Crippen LogP contribution in [-0.4, -0.2) is 11.4 Å². The molecule has 0 aromatic heterocycles. The van der Waals surface area contributed by atoms with Crippen molar-refractivity contribution in [2.45, 2.75) is 15.3 Å². The van der Waals surface area contributed by atoms with Gasteiger partial charge in [-0.2, -0.15) is 0 Å².